The zero-order valence-corrected chi connectivity index (χ0v) is 18.2. The fraction of sp³-hybridized carbons (Fsp3) is 0.526. The molecular formula is C19H27N5O5S. The lowest BCUT2D eigenvalue weighted by atomic mass is 9.97. The van der Waals surface area contributed by atoms with Gasteiger partial charge in [-0.25, -0.2) is 22.2 Å². The SMILES string of the molecule is COc1ccc(-c2nn(CCNC(=O)C3CCN(S(C)(=O)=O)CC3)c(=O)n2C)cc1. The third-order valence-corrected chi connectivity index (χ3v) is 6.61. The number of carbonyl (C=O) groups excluding carboxylic acids is 1. The van der Waals surface area contributed by atoms with Gasteiger partial charge >= 0.3 is 5.69 Å². The summed E-state index contributed by atoms with van der Waals surface area (Å²) in [6, 6.07) is 7.26. The maximum atomic E-state index is 12.5. The average Bonchev–Trinajstić information content (AvgIpc) is 3.02. The second kappa shape index (κ2) is 9.00. The minimum Gasteiger partial charge on any atom is -0.497 e. The molecule has 0 atom stereocenters. The van der Waals surface area contributed by atoms with Gasteiger partial charge in [-0.1, -0.05) is 0 Å². The second-order valence-corrected chi connectivity index (χ2v) is 9.33. The van der Waals surface area contributed by atoms with E-state index in [1.54, 1.807) is 26.3 Å². The molecule has 0 aliphatic carbocycles. The molecule has 1 fully saturated rings. The van der Waals surface area contributed by atoms with Crippen molar-refractivity contribution in [3.05, 3.63) is 34.7 Å². The standard InChI is InChI=1S/C19H27N5O5S/c1-22-17(14-4-6-16(29-2)7-5-14)21-24(19(22)26)13-10-20-18(25)15-8-11-23(12-9-15)30(3,27)28/h4-7,15H,8-13H2,1-3H3,(H,20,25). The highest BCUT2D eigenvalue weighted by atomic mass is 32.2. The van der Waals surface area contributed by atoms with Gasteiger partial charge in [-0.05, 0) is 37.1 Å². The summed E-state index contributed by atoms with van der Waals surface area (Å²) in [6.45, 7) is 1.21. The molecule has 0 bridgehead atoms. The third-order valence-electron chi connectivity index (χ3n) is 5.31. The molecule has 2 heterocycles. The fourth-order valence-electron chi connectivity index (χ4n) is 3.50. The van der Waals surface area contributed by atoms with E-state index in [1.165, 1.54) is 19.8 Å². The number of nitrogens with one attached hydrogen (secondary N) is 1. The second-order valence-electron chi connectivity index (χ2n) is 7.34. The molecule has 11 heteroatoms. The van der Waals surface area contributed by atoms with Gasteiger partial charge in [0.15, 0.2) is 5.82 Å². The number of methoxy groups -OCH3 is 1. The lowest BCUT2D eigenvalue weighted by Gasteiger charge is -2.29. The van der Waals surface area contributed by atoms with Crippen molar-refractivity contribution in [3.63, 3.8) is 0 Å². The summed E-state index contributed by atoms with van der Waals surface area (Å²) in [4.78, 5) is 24.8. The number of benzene rings is 1. The summed E-state index contributed by atoms with van der Waals surface area (Å²) in [5.74, 6) is 0.899. The van der Waals surface area contributed by atoms with Gasteiger partial charge in [-0.2, -0.15) is 0 Å². The van der Waals surface area contributed by atoms with Crippen LogP contribution < -0.4 is 15.7 Å². The molecular weight excluding hydrogens is 410 g/mol. The monoisotopic (exact) mass is 437 g/mol. The molecule has 1 aromatic heterocycles. The summed E-state index contributed by atoms with van der Waals surface area (Å²) in [5.41, 5.74) is 0.521. The number of piperidine rings is 1. The van der Waals surface area contributed by atoms with Crippen LogP contribution in [0.25, 0.3) is 11.4 Å². The number of hydrogen-bond donors (Lipinski definition) is 1. The molecule has 1 N–H and O–H groups in total. The Morgan fingerprint density at radius 2 is 1.87 bits per heavy atom. The molecule has 1 aliphatic heterocycles. The van der Waals surface area contributed by atoms with Gasteiger partial charge in [0.25, 0.3) is 0 Å². The van der Waals surface area contributed by atoms with E-state index in [9.17, 15) is 18.0 Å². The molecule has 1 aliphatic rings. The van der Waals surface area contributed by atoms with Crippen molar-refractivity contribution in [2.45, 2.75) is 19.4 Å². The summed E-state index contributed by atoms with van der Waals surface area (Å²) in [7, 11) is 0.0230. The maximum Gasteiger partial charge on any atom is 0.345 e. The van der Waals surface area contributed by atoms with Crippen molar-refractivity contribution in [3.8, 4) is 17.1 Å². The largest absolute Gasteiger partial charge is 0.497 e. The van der Waals surface area contributed by atoms with Crippen molar-refractivity contribution >= 4 is 15.9 Å². The van der Waals surface area contributed by atoms with Crippen molar-refractivity contribution in [2.24, 2.45) is 13.0 Å². The number of sulfonamides is 1. The first kappa shape index (κ1) is 22.0. The van der Waals surface area contributed by atoms with Crippen LogP contribution in [-0.2, 0) is 28.4 Å². The van der Waals surface area contributed by atoms with Crippen molar-refractivity contribution in [1.82, 2.24) is 24.0 Å². The van der Waals surface area contributed by atoms with Crippen LogP contribution in [0.4, 0.5) is 0 Å². The Hall–Kier alpha value is -2.66. The smallest absolute Gasteiger partial charge is 0.345 e. The van der Waals surface area contributed by atoms with E-state index in [2.05, 4.69) is 10.4 Å². The Balaban J connectivity index is 1.56. The third kappa shape index (κ3) is 4.90. The van der Waals surface area contributed by atoms with Gasteiger partial charge in [0.2, 0.25) is 15.9 Å². The number of rotatable bonds is 7. The van der Waals surface area contributed by atoms with Gasteiger partial charge in [0, 0.05) is 38.2 Å². The molecule has 3 rings (SSSR count). The van der Waals surface area contributed by atoms with E-state index in [1.807, 2.05) is 12.1 Å². The van der Waals surface area contributed by atoms with Gasteiger partial charge in [-0.15, -0.1) is 5.10 Å². The summed E-state index contributed by atoms with van der Waals surface area (Å²) in [5, 5.41) is 7.22. The number of hydrogen-bond acceptors (Lipinski definition) is 6. The summed E-state index contributed by atoms with van der Waals surface area (Å²) < 4.78 is 32.5. The van der Waals surface area contributed by atoms with Crippen molar-refractivity contribution in [1.29, 1.82) is 0 Å². The predicted octanol–water partition coefficient (Wildman–Crippen LogP) is 0.0452. The molecule has 10 nitrogen and oxygen atoms in total. The molecule has 1 amide bonds. The first-order valence-electron chi connectivity index (χ1n) is 9.72. The van der Waals surface area contributed by atoms with E-state index in [4.69, 9.17) is 4.74 Å². The molecule has 0 saturated carbocycles. The first-order chi connectivity index (χ1) is 14.2. The van der Waals surface area contributed by atoms with Crippen molar-refractivity contribution < 1.29 is 17.9 Å². The highest BCUT2D eigenvalue weighted by Gasteiger charge is 2.28. The Morgan fingerprint density at radius 1 is 1.23 bits per heavy atom. The number of amides is 1. The van der Waals surface area contributed by atoms with Crippen LogP contribution in [0.3, 0.4) is 0 Å². The van der Waals surface area contributed by atoms with E-state index >= 15 is 0 Å². The quantitative estimate of drug-likeness (QED) is 0.654. The number of aromatic nitrogens is 3. The molecule has 1 saturated heterocycles. The van der Waals surface area contributed by atoms with E-state index < -0.39 is 10.0 Å². The van der Waals surface area contributed by atoms with Crippen LogP contribution in [0.5, 0.6) is 5.75 Å². The molecule has 0 unspecified atom stereocenters. The average molecular weight is 438 g/mol. The van der Waals surface area contributed by atoms with Gasteiger partial charge in [0.05, 0.1) is 19.9 Å². The molecule has 2 aromatic rings. The molecule has 164 valence electrons. The van der Waals surface area contributed by atoms with E-state index in [-0.39, 0.29) is 30.6 Å². The topological polar surface area (TPSA) is 116 Å². The van der Waals surface area contributed by atoms with Crippen LogP contribution in [0.1, 0.15) is 12.8 Å². The van der Waals surface area contributed by atoms with Gasteiger partial charge in [0.1, 0.15) is 5.75 Å². The molecule has 30 heavy (non-hydrogen) atoms. The molecule has 1 aromatic carbocycles. The van der Waals surface area contributed by atoms with Gasteiger partial charge < -0.3 is 10.1 Å². The Bertz CT molecular complexity index is 1050. The highest BCUT2D eigenvalue weighted by molar-refractivity contribution is 7.88. The minimum absolute atomic E-state index is 0.123. The van der Waals surface area contributed by atoms with Crippen LogP contribution in [0, 0.1) is 5.92 Å². The van der Waals surface area contributed by atoms with Crippen LogP contribution in [-0.4, -0.2) is 66.0 Å². The van der Waals surface area contributed by atoms with Crippen LogP contribution in [0.15, 0.2) is 29.1 Å². The van der Waals surface area contributed by atoms with E-state index in [0.717, 1.165) is 5.56 Å². The summed E-state index contributed by atoms with van der Waals surface area (Å²) >= 11 is 0. The fourth-order valence-corrected chi connectivity index (χ4v) is 4.38. The first-order valence-corrected chi connectivity index (χ1v) is 11.6. The van der Waals surface area contributed by atoms with E-state index in [0.29, 0.717) is 37.5 Å². The predicted molar refractivity (Wildman–Crippen MR) is 112 cm³/mol. The molecule has 0 spiro atoms. The number of ether oxygens (including phenoxy) is 1. The van der Waals surface area contributed by atoms with Crippen molar-refractivity contribution in [2.75, 3.05) is 33.0 Å². The molecule has 0 radical (unpaired) electrons. The number of nitrogens with zero attached hydrogens (tertiary/aromatic N) is 4. The lowest BCUT2D eigenvalue weighted by molar-refractivity contribution is -0.126. The van der Waals surface area contributed by atoms with Crippen LogP contribution in [0.2, 0.25) is 0 Å². The zero-order chi connectivity index (χ0) is 21.9. The maximum absolute atomic E-state index is 12.5. The Morgan fingerprint density at radius 3 is 2.43 bits per heavy atom. The minimum atomic E-state index is -3.22. The number of carbonyl (C=O) groups is 1. The zero-order valence-electron chi connectivity index (χ0n) is 17.4. The lowest BCUT2D eigenvalue weighted by Crippen LogP contribution is -2.43. The summed E-state index contributed by atoms with van der Waals surface area (Å²) in [6.07, 6.45) is 2.16. The van der Waals surface area contributed by atoms with Crippen LogP contribution >= 0.6 is 0 Å². The van der Waals surface area contributed by atoms with Gasteiger partial charge in [-0.3, -0.25) is 9.36 Å². The Labute approximate surface area is 175 Å². The Kier molecular flexibility index (Phi) is 6.61. The highest BCUT2D eigenvalue weighted by Crippen LogP contribution is 2.20. The normalized spacial score (nSPS) is 15.8.